The molecule has 1 saturated heterocycles. The molecule has 1 rings (SSSR count). The van der Waals surface area contributed by atoms with E-state index in [1.807, 2.05) is 13.8 Å². The molecule has 5 heteroatoms. The standard InChI is InChI=1S/C11H25NO2Si2/c1-7-14-11(13)10(2)12-15(3,4)8-9-16(12,5)6/h10H,7-9H2,1-6H3. The lowest BCUT2D eigenvalue weighted by molar-refractivity contribution is -0.146. The van der Waals surface area contributed by atoms with Crippen LogP contribution >= 0.6 is 0 Å². The molecule has 3 nitrogen and oxygen atoms in total. The maximum absolute atomic E-state index is 11.9. The van der Waals surface area contributed by atoms with Crippen molar-refractivity contribution < 1.29 is 9.53 Å². The van der Waals surface area contributed by atoms with Crippen molar-refractivity contribution in [2.24, 2.45) is 0 Å². The van der Waals surface area contributed by atoms with E-state index in [0.717, 1.165) is 0 Å². The van der Waals surface area contributed by atoms with Crippen LogP contribution in [0, 0.1) is 0 Å². The molecule has 0 saturated carbocycles. The molecular formula is C11H25NO2Si2. The Hall–Kier alpha value is -0.136. The fourth-order valence-electron chi connectivity index (χ4n) is 3.09. The van der Waals surface area contributed by atoms with Crippen LogP contribution in [0.15, 0.2) is 0 Å². The Labute approximate surface area is 101 Å². The number of hydrogen-bond acceptors (Lipinski definition) is 3. The lowest BCUT2D eigenvalue weighted by Crippen LogP contribution is -2.61. The Morgan fingerprint density at radius 2 is 1.69 bits per heavy atom. The summed E-state index contributed by atoms with van der Waals surface area (Å²) in [6.07, 6.45) is 0. The van der Waals surface area contributed by atoms with Crippen LogP contribution in [0.25, 0.3) is 0 Å². The van der Waals surface area contributed by atoms with Gasteiger partial charge in [-0.2, -0.15) is 0 Å². The van der Waals surface area contributed by atoms with E-state index in [1.165, 1.54) is 12.1 Å². The Balaban J connectivity index is 2.87. The zero-order chi connectivity index (χ0) is 12.6. The highest BCUT2D eigenvalue weighted by molar-refractivity contribution is 6.95. The van der Waals surface area contributed by atoms with Crippen molar-refractivity contribution in [3.05, 3.63) is 0 Å². The molecule has 0 N–H and O–H groups in total. The summed E-state index contributed by atoms with van der Waals surface area (Å²) in [5.74, 6) is -0.0365. The van der Waals surface area contributed by atoms with E-state index in [1.54, 1.807) is 0 Å². The number of rotatable bonds is 3. The van der Waals surface area contributed by atoms with E-state index in [-0.39, 0.29) is 12.0 Å². The number of esters is 1. The highest BCUT2D eigenvalue weighted by Gasteiger charge is 2.50. The summed E-state index contributed by atoms with van der Waals surface area (Å²) < 4.78 is 7.75. The van der Waals surface area contributed by atoms with Gasteiger partial charge in [-0.25, -0.2) is 0 Å². The second-order valence-corrected chi connectivity index (χ2v) is 15.6. The molecule has 1 heterocycles. The average molecular weight is 259 g/mol. The van der Waals surface area contributed by atoms with E-state index >= 15 is 0 Å². The smallest absolute Gasteiger partial charge is 0.321 e. The molecule has 0 aromatic rings. The molecule has 0 bridgehead atoms. The third-order valence-electron chi connectivity index (χ3n) is 3.67. The maximum atomic E-state index is 11.9. The zero-order valence-electron chi connectivity index (χ0n) is 11.5. The minimum atomic E-state index is -1.37. The van der Waals surface area contributed by atoms with Gasteiger partial charge in [-0.3, -0.25) is 4.79 Å². The van der Waals surface area contributed by atoms with Crippen LogP contribution in [0.2, 0.25) is 38.3 Å². The molecule has 1 fully saturated rings. The van der Waals surface area contributed by atoms with Crippen LogP contribution in [0.4, 0.5) is 0 Å². The summed E-state index contributed by atoms with van der Waals surface area (Å²) in [6.45, 7) is 13.9. The molecule has 1 atom stereocenters. The quantitative estimate of drug-likeness (QED) is 0.576. The number of carbonyl (C=O) groups is 1. The van der Waals surface area contributed by atoms with Crippen LogP contribution in [0.5, 0.6) is 0 Å². The van der Waals surface area contributed by atoms with Crippen LogP contribution in [0.3, 0.4) is 0 Å². The number of nitrogens with zero attached hydrogens (tertiary/aromatic N) is 1. The molecule has 0 radical (unpaired) electrons. The SMILES string of the molecule is CCOC(=O)C(C)N1[Si](C)(C)CC[Si]1(C)C. The second-order valence-electron chi connectivity index (χ2n) is 5.92. The highest BCUT2D eigenvalue weighted by Crippen LogP contribution is 2.38. The normalized spacial score (nSPS) is 25.4. The predicted molar refractivity (Wildman–Crippen MR) is 72.5 cm³/mol. The minimum absolute atomic E-state index is 0.0363. The van der Waals surface area contributed by atoms with Gasteiger partial charge in [0.2, 0.25) is 0 Å². The van der Waals surface area contributed by atoms with E-state index < -0.39 is 16.5 Å². The van der Waals surface area contributed by atoms with Crippen LogP contribution in [0.1, 0.15) is 13.8 Å². The Kier molecular flexibility index (Phi) is 4.02. The third-order valence-corrected chi connectivity index (χ3v) is 14.1. The van der Waals surface area contributed by atoms with Gasteiger partial charge in [0, 0.05) is 0 Å². The lowest BCUT2D eigenvalue weighted by atomic mass is 10.4. The first-order valence-corrected chi connectivity index (χ1v) is 12.5. The number of ether oxygens (including phenoxy) is 1. The summed E-state index contributed by atoms with van der Waals surface area (Å²) in [5, 5.41) is 0. The fourth-order valence-corrected chi connectivity index (χ4v) is 18.0. The first-order chi connectivity index (χ1) is 7.22. The van der Waals surface area contributed by atoms with Crippen molar-refractivity contribution in [2.45, 2.75) is 58.2 Å². The van der Waals surface area contributed by atoms with Crippen LogP contribution in [-0.4, -0.2) is 39.3 Å². The molecule has 0 amide bonds. The molecule has 94 valence electrons. The Bertz CT molecular complexity index is 263. The molecule has 16 heavy (non-hydrogen) atoms. The average Bonchev–Trinajstić information content (AvgIpc) is 2.35. The summed E-state index contributed by atoms with van der Waals surface area (Å²) in [4.78, 5) is 11.9. The molecule has 0 aromatic carbocycles. The van der Waals surface area contributed by atoms with Gasteiger partial charge in [0.1, 0.15) is 16.5 Å². The van der Waals surface area contributed by atoms with Gasteiger partial charge in [0.05, 0.1) is 12.6 Å². The van der Waals surface area contributed by atoms with Gasteiger partial charge in [-0.05, 0) is 25.9 Å². The molecular weight excluding hydrogens is 234 g/mol. The Morgan fingerprint density at radius 1 is 1.25 bits per heavy atom. The maximum Gasteiger partial charge on any atom is 0.321 e. The first kappa shape index (κ1) is 13.9. The summed E-state index contributed by atoms with van der Waals surface area (Å²) in [7, 11) is -2.73. The minimum Gasteiger partial charge on any atom is -0.465 e. The second kappa shape index (κ2) is 4.62. The molecule has 0 aromatic heterocycles. The van der Waals surface area contributed by atoms with Crippen LogP contribution in [-0.2, 0) is 9.53 Å². The van der Waals surface area contributed by atoms with Crippen molar-refractivity contribution in [1.82, 2.24) is 4.23 Å². The van der Waals surface area contributed by atoms with E-state index in [0.29, 0.717) is 6.61 Å². The monoisotopic (exact) mass is 259 g/mol. The van der Waals surface area contributed by atoms with Gasteiger partial charge in [-0.15, -0.1) is 0 Å². The topological polar surface area (TPSA) is 29.5 Å². The van der Waals surface area contributed by atoms with Crippen molar-refractivity contribution >= 4 is 22.4 Å². The molecule has 1 aliphatic rings. The number of carbonyl (C=O) groups excluding carboxylic acids is 1. The van der Waals surface area contributed by atoms with Crippen molar-refractivity contribution in [3.8, 4) is 0 Å². The lowest BCUT2D eigenvalue weighted by Gasteiger charge is -2.42. The van der Waals surface area contributed by atoms with E-state index in [2.05, 4.69) is 30.4 Å². The highest BCUT2D eigenvalue weighted by atomic mass is 28.4. The Morgan fingerprint density at radius 3 is 2.06 bits per heavy atom. The van der Waals surface area contributed by atoms with E-state index in [4.69, 9.17) is 4.74 Å². The summed E-state index contributed by atoms with van der Waals surface area (Å²) in [5.41, 5.74) is 0. The largest absolute Gasteiger partial charge is 0.465 e. The van der Waals surface area contributed by atoms with Gasteiger partial charge in [0.25, 0.3) is 0 Å². The zero-order valence-corrected chi connectivity index (χ0v) is 13.5. The molecule has 0 spiro atoms. The predicted octanol–water partition coefficient (Wildman–Crippen LogP) is 2.66. The summed E-state index contributed by atoms with van der Waals surface area (Å²) in [6, 6.07) is 2.62. The van der Waals surface area contributed by atoms with Crippen LogP contribution < -0.4 is 0 Å². The van der Waals surface area contributed by atoms with Gasteiger partial charge >= 0.3 is 5.97 Å². The summed E-state index contributed by atoms with van der Waals surface area (Å²) >= 11 is 0. The van der Waals surface area contributed by atoms with Gasteiger partial charge in [-0.1, -0.05) is 26.2 Å². The van der Waals surface area contributed by atoms with Gasteiger partial charge < -0.3 is 8.97 Å². The third kappa shape index (κ3) is 2.57. The first-order valence-electron chi connectivity index (χ1n) is 6.18. The van der Waals surface area contributed by atoms with E-state index in [9.17, 15) is 4.79 Å². The van der Waals surface area contributed by atoms with Crippen molar-refractivity contribution in [3.63, 3.8) is 0 Å². The van der Waals surface area contributed by atoms with Crippen molar-refractivity contribution in [1.29, 1.82) is 0 Å². The number of hydrogen-bond donors (Lipinski definition) is 0. The molecule has 1 aliphatic heterocycles. The van der Waals surface area contributed by atoms with Gasteiger partial charge in [0.15, 0.2) is 0 Å². The van der Waals surface area contributed by atoms with Crippen molar-refractivity contribution in [2.75, 3.05) is 6.61 Å². The molecule has 1 unspecified atom stereocenters. The fraction of sp³-hybridized carbons (Fsp3) is 0.909. The molecule has 0 aliphatic carbocycles.